The number of guanidine groups is 1. The number of benzene rings is 1. The third kappa shape index (κ3) is 7.44. The Morgan fingerprint density at radius 2 is 2.00 bits per heavy atom. The van der Waals surface area contributed by atoms with Crippen molar-refractivity contribution < 1.29 is 4.74 Å². The molecule has 0 aliphatic carbocycles. The highest BCUT2D eigenvalue weighted by molar-refractivity contribution is 14.0. The summed E-state index contributed by atoms with van der Waals surface area (Å²) in [6.07, 6.45) is 4.08. The molecule has 0 spiro atoms. The van der Waals surface area contributed by atoms with Gasteiger partial charge in [-0.2, -0.15) is 0 Å². The van der Waals surface area contributed by atoms with Crippen LogP contribution in [-0.2, 0) is 6.54 Å². The van der Waals surface area contributed by atoms with Gasteiger partial charge in [-0.1, -0.05) is 17.7 Å². The van der Waals surface area contributed by atoms with E-state index in [1.54, 1.807) is 7.05 Å². The van der Waals surface area contributed by atoms with Gasteiger partial charge in [0.15, 0.2) is 5.96 Å². The summed E-state index contributed by atoms with van der Waals surface area (Å²) in [7, 11) is 1.76. The number of rotatable bonds is 7. The molecule has 2 rings (SSSR count). The van der Waals surface area contributed by atoms with Gasteiger partial charge in [-0.3, -0.25) is 4.99 Å². The molecule has 1 unspecified atom stereocenters. The number of nitrogens with zero attached hydrogens (tertiary/aromatic N) is 2. The number of aliphatic imine (C=N–C) groups is 1. The minimum absolute atomic E-state index is 0. The molecule has 0 aliphatic rings. The molecule has 0 amide bonds. The number of ether oxygens (including phenoxy) is 1. The second-order valence-corrected chi connectivity index (χ2v) is 5.62. The van der Waals surface area contributed by atoms with Gasteiger partial charge < -0.3 is 19.9 Å². The largest absolute Gasteiger partial charge is 0.489 e. The van der Waals surface area contributed by atoms with Crippen molar-refractivity contribution in [3.05, 3.63) is 53.8 Å². The number of aromatic nitrogens is 1. The lowest BCUT2D eigenvalue weighted by atomic mass is 10.3. The van der Waals surface area contributed by atoms with Gasteiger partial charge in [0.05, 0.1) is 6.54 Å². The van der Waals surface area contributed by atoms with Gasteiger partial charge in [0, 0.05) is 37.6 Å². The predicted molar refractivity (Wildman–Crippen MR) is 111 cm³/mol. The zero-order valence-electron chi connectivity index (χ0n) is 13.9. The highest BCUT2D eigenvalue weighted by Crippen LogP contribution is 2.18. The van der Waals surface area contributed by atoms with Crippen LogP contribution in [0.4, 0.5) is 0 Å². The number of hydrogen-bond acceptors (Lipinski definition) is 2. The average molecular weight is 463 g/mol. The van der Waals surface area contributed by atoms with Gasteiger partial charge in [0.2, 0.25) is 0 Å². The van der Waals surface area contributed by atoms with E-state index in [4.69, 9.17) is 16.3 Å². The molecule has 5 nitrogen and oxygen atoms in total. The fourth-order valence-electron chi connectivity index (χ4n) is 2.10. The summed E-state index contributed by atoms with van der Waals surface area (Å²) in [5, 5.41) is 7.20. The molecule has 24 heavy (non-hydrogen) atoms. The number of halogens is 2. The van der Waals surface area contributed by atoms with Crippen LogP contribution in [0, 0.1) is 0 Å². The van der Waals surface area contributed by atoms with Crippen LogP contribution in [0.15, 0.2) is 53.8 Å². The van der Waals surface area contributed by atoms with E-state index in [1.165, 1.54) is 0 Å². The third-order valence-electron chi connectivity index (χ3n) is 3.24. The van der Waals surface area contributed by atoms with E-state index in [0.29, 0.717) is 11.6 Å². The van der Waals surface area contributed by atoms with E-state index in [2.05, 4.69) is 20.2 Å². The van der Waals surface area contributed by atoms with Gasteiger partial charge in [0.25, 0.3) is 0 Å². The Bertz CT molecular complexity index is 619. The van der Waals surface area contributed by atoms with E-state index in [0.717, 1.165) is 24.8 Å². The highest BCUT2D eigenvalue weighted by Gasteiger charge is 2.06. The molecule has 0 saturated heterocycles. The second kappa shape index (κ2) is 11.2. The maximum Gasteiger partial charge on any atom is 0.191 e. The Morgan fingerprint density at radius 3 is 2.67 bits per heavy atom. The predicted octanol–water partition coefficient (Wildman–Crippen LogP) is 3.39. The van der Waals surface area contributed by atoms with Crippen molar-refractivity contribution in [3.8, 4) is 5.75 Å². The highest BCUT2D eigenvalue weighted by atomic mass is 127. The fraction of sp³-hybridized carbons (Fsp3) is 0.353. The van der Waals surface area contributed by atoms with Gasteiger partial charge in [-0.25, -0.2) is 0 Å². The minimum atomic E-state index is -0.00327. The van der Waals surface area contributed by atoms with Crippen LogP contribution >= 0.6 is 35.6 Å². The summed E-state index contributed by atoms with van der Waals surface area (Å²) in [5.74, 6) is 1.53. The summed E-state index contributed by atoms with van der Waals surface area (Å²) < 4.78 is 7.94. The molecule has 1 atom stereocenters. The van der Waals surface area contributed by atoms with Crippen molar-refractivity contribution in [3.63, 3.8) is 0 Å². The van der Waals surface area contributed by atoms with Gasteiger partial charge in [0.1, 0.15) is 11.9 Å². The van der Waals surface area contributed by atoms with Crippen LogP contribution in [0.3, 0.4) is 0 Å². The summed E-state index contributed by atoms with van der Waals surface area (Å²) in [5.41, 5.74) is 0. The molecule has 132 valence electrons. The van der Waals surface area contributed by atoms with Crippen LogP contribution in [-0.4, -0.2) is 36.8 Å². The quantitative estimate of drug-likeness (QED) is 0.377. The first-order chi connectivity index (χ1) is 11.2. The van der Waals surface area contributed by atoms with Crippen molar-refractivity contribution in [1.29, 1.82) is 0 Å². The molecular weight excluding hydrogens is 439 g/mol. The molecule has 0 bridgehead atoms. The zero-order valence-corrected chi connectivity index (χ0v) is 17.0. The molecule has 1 heterocycles. The molecule has 2 aromatic rings. The van der Waals surface area contributed by atoms with E-state index >= 15 is 0 Å². The second-order valence-electron chi connectivity index (χ2n) is 5.19. The third-order valence-corrected chi connectivity index (χ3v) is 3.48. The lowest BCUT2D eigenvalue weighted by molar-refractivity contribution is 0.224. The average Bonchev–Trinajstić information content (AvgIpc) is 3.04. The zero-order chi connectivity index (χ0) is 16.5. The van der Waals surface area contributed by atoms with Crippen molar-refractivity contribution in [1.82, 2.24) is 15.2 Å². The maximum atomic E-state index is 5.95. The minimum Gasteiger partial charge on any atom is -0.489 e. The Hall–Kier alpha value is -1.41. The lowest BCUT2D eigenvalue weighted by Crippen LogP contribution is -2.42. The van der Waals surface area contributed by atoms with E-state index in [1.807, 2.05) is 55.7 Å². The lowest BCUT2D eigenvalue weighted by Gasteiger charge is -2.18. The standard InChI is InChI=1S/C17H23ClN4O.HI/c1-14(23-16-7-5-6-15(18)12-16)13-21-17(19-2)20-8-11-22-9-3-4-10-22;/h3-7,9-10,12,14H,8,11,13H2,1-2H3,(H2,19,20,21);1H. The summed E-state index contributed by atoms with van der Waals surface area (Å²) in [4.78, 5) is 4.21. The molecule has 1 aromatic heterocycles. The van der Waals surface area contributed by atoms with Crippen LogP contribution in [0.1, 0.15) is 6.92 Å². The number of nitrogens with one attached hydrogen (secondary N) is 2. The van der Waals surface area contributed by atoms with E-state index < -0.39 is 0 Å². The molecule has 2 N–H and O–H groups in total. The SMILES string of the molecule is CN=C(NCCn1cccc1)NCC(C)Oc1cccc(Cl)c1.I. The van der Waals surface area contributed by atoms with Crippen molar-refractivity contribution in [2.45, 2.75) is 19.6 Å². The normalized spacial score (nSPS) is 12.2. The Morgan fingerprint density at radius 1 is 1.25 bits per heavy atom. The summed E-state index contributed by atoms with van der Waals surface area (Å²) in [6.45, 7) is 4.34. The molecule has 0 fully saturated rings. The number of hydrogen-bond donors (Lipinski definition) is 2. The summed E-state index contributed by atoms with van der Waals surface area (Å²) in [6, 6.07) is 11.4. The van der Waals surface area contributed by atoms with Crippen molar-refractivity contribution >= 4 is 41.5 Å². The monoisotopic (exact) mass is 462 g/mol. The Labute approximate surface area is 165 Å². The first-order valence-corrected chi connectivity index (χ1v) is 8.02. The Balaban J connectivity index is 0.00000288. The fourth-order valence-corrected chi connectivity index (χ4v) is 2.28. The van der Waals surface area contributed by atoms with Crippen LogP contribution in [0.25, 0.3) is 0 Å². The topological polar surface area (TPSA) is 50.6 Å². The summed E-state index contributed by atoms with van der Waals surface area (Å²) >= 11 is 5.95. The van der Waals surface area contributed by atoms with Gasteiger partial charge in [-0.15, -0.1) is 24.0 Å². The van der Waals surface area contributed by atoms with Crippen LogP contribution in [0.2, 0.25) is 5.02 Å². The molecule has 1 aromatic carbocycles. The molecule has 0 aliphatic heterocycles. The van der Waals surface area contributed by atoms with Crippen molar-refractivity contribution in [2.24, 2.45) is 4.99 Å². The smallest absolute Gasteiger partial charge is 0.191 e. The van der Waals surface area contributed by atoms with E-state index in [9.17, 15) is 0 Å². The Kier molecular flexibility index (Phi) is 9.63. The first kappa shape index (κ1) is 20.6. The van der Waals surface area contributed by atoms with Gasteiger partial charge in [-0.05, 0) is 37.3 Å². The molecular formula is C17H24ClIN4O. The van der Waals surface area contributed by atoms with Gasteiger partial charge >= 0.3 is 0 Å². The maximum absolute atomic E-state index is 5.95. The van der Waals surface area contributed by atoms with Crippen LogP contribution < -0.4 is 15.4 Å². The first-order valence-electron chi connectivity index (χ1n) is 7.65. The molecule has 0 radical (unpaired) electrons. The molecule has 7 heteroatoms. The van der Waals surface area contributed by atoms with Crippen LogP contribution in [0.5, 0.6) is 5.75 Å². The van der Waals surface area contributed by atoms with Crippen molar-refractivity contribution in [2.75, 3.05) is 20.1 Å². The van der Waals surface area contributed by atoms with E-state index in [-0.39, 0.29) is 30.1 Å². The molecule has 0 saturated carbocycles.